The second-order valence-corrected chi connectivity index (χ2v) is 6.98. The first-order chi connectivity index (χ1) is 14.7. The van der Waals surface area contributed by atoms with Crippen LogP contribution in [0, 0.1) is 0 Å². The zero-order chi connectivity index (χ0) is 20.7. The average Bonchev–Trinajstić information content (AvgIpc) is 3.14. The van der Waals surface area contributed by atoms with E-state index in [1.807, 2.05) is 84.3 Å². The molecule has 2 aromatic carbocycles. The Balaban J connectivity index is 1.98. The van der Waals surface area contributed by atoms with E-state index in [4.69, 9.17) is 14.5 Å². The largest absolute Gasteiger partial charge is 0.497 e. The lowest BCUT2D eigenvalue weighted by atomic mass is 10.0. The second-order valence-electron chi connectivity index (χ2n) is 6.98. The molecule has 0 aliphatic heterocycles. The molecule has 0 N–H and O–H groups in total. The monoisotopic (exact) mass is 396 g/mol. The molecule has 0 spiro atoms. The fourth-order valence-electron chi connectivity index (χ4n) is 4.02. The van der Waals surface area contributed by atoms with Crippen LogP contribution in [0.25, 0.3) is 38.6 Å². The van der Waals surface area contributed by atoms with Crippen LogP contribution in [0.15, 0.2) is 72.9 Å². The smallest absolute Gasteiger partial charge is 0.340 e. The van der Waals surface area contributed by atoms with Crippen LogP contribution in [0.2, 0.25) is 0 Å². The Morgan fingerprint density at radius 2 is 1.77 bits per heavy atom. The average molecular weight is 396 g/mol. The summed E-state index contributed by atoms with van der Waals surface area (Å²) in [4.78, 5) is 18.0. The molecule has 5 nitrogen and oxygen atoms in total. The molecule has 0 saturated carbocycles. The maximum Gasteiger partial charge on any atom is 0.340 e. The molecular formula is C25H20N2O3. The Hall–Kier alpha value is -3.86. The molecule has 5 aromatic rings. The van der Waals surface area contributed by atoms with Crippen molar-refractivity contribution in [1.29, 1.82) is 0 Å². The number of para-hydroxylation sites is 1. The van der Waals surface area contributed by atoms with E-state index in [1.54, 1.807) is 7.11 Å². The van der Waals surface area contributed by atoms with Crippen LogP contribution in [0.1, 0.15) is 17.3 Å². The van der Waals surface area contributed by atoms with Crippen LogP contribution in [0.5, 0.6) is 5.75 Å². The molecule has 3 aromatic heterocycles. The summed E-state index contributed by atoms with van der Waals surface area (Å²) in [7, 11) is 1.65. The highest BCUT2D eigenvalue weighted by Crippen LogP contribution is 2.38. The first-order valence-corrected chi connectivity index (χ1v) is 9.86. The maximum absolute atomic E-state index is 13.0. The number of carbonyl (C=O) groups is 1. The van der Waals surface area contributed by atoms with Gasteiger partial charge in [0.05, 0.1) is 41.5 Å². The third-order valence-corrected chi connectivity index (χ3v) is 5.32. The summed E-state index contributed by atoms with van der Waals surface area (Å²) >= 11 is 0. The number of benzene rings is 2. The van der Waals surface area contributed by atoms with E-state index in [1.165, 1.54) is 0 Å². The molecule has 5 heteroatoms. The molecule has 3 heterocycles. The zero-order valence-electron chi connectivity index (χ0n) is 16.8. The summed E-state index contributed by atoms with van der Waals surface area (Å²) < 4.78 is 12.8. The zero-order valence-corrected chi connectivity index (χ0v) is 16.8. The number of carbonyl (C=O) groups excluding carboxylic acids is 1. The van der Waals surface area contributed by atoms with Crippen molar-refractivity contribution in [2.24, 2.45) is 0 Å². The van der Waals surface area contributed by atoms with E-state index in [0.29, 0.717) is 12.2 Å². The quantitative estimate of drug-likeness (QED) is 0.377. The van der Waals surface area contributed by atoms with Crippen molar-refractivity contribution in [3.8, 4) is 17.0 Å². The maximum atomic E-state index is 13.0. The highest BCUT2D eigenvalue weighted by Gasteiger charge is 2.24. The molecule has 5 rings (SSSR count). The lowest BCUT2D eigenvalue weighted by Gasteiger charge is -2.09. The SMILES string of the molecule is CCOC(=O)c1c2c3ccccc3nc(-c3ccc(OC)cc3)c2n2ccccc12. The van der Waals surface area contributed by atoms with Gasteiger partial charge in [-0.15, -0.1) is 0 Å². The number of aromatic nitrogens is 2. The number of rotatable bonds is 4. The number of methoxy groups -OCH3 is 1. The lowest BCUT2D eigenvalue weighted by Crippen LogP contribution is -2.04. The number of ether oxygens (including phenoxy) is 2. The predicted molar refractivity (Wildman–Crippen MR) is 118 cm³/mol. The first kappa shape index (κ1) is 18.2. The molecule has 0 aliphatic carbocycles. The predicted octanol–water partition coefficient (Wildman–Crippen LogP) is 5.49. The highest BCUT2D eigenvalue weighted by molar-refractivity contribution is 6.22. The number of fused-ring (bicyclic) bond motifs is 5. The Bertz CT molecular complexity index is 1400. The van der Waals surface area contributed by atoms with Crippen LogP contribution in [-0.4, -0.2) is 29.1 Å². The van der Waals surface area contributed by atoms with Gasteiger partial charge in [-0.2, -0.15) is 0 Å². The molecule has 0 radical (unpaired) electrons. The van der Waals surface area contributed by atoms with Gasteiger partial charge in [0.1, 0.15) is 5.75 Å². The van der Waals surface area contributed by atoms with Crippen LogP contribution in [0.4, 0.5) is 0 Å². The third-order valence-electron chi connectivity index (χ3n) is 5.32. The number of pyridine rings is 2. The summed E-state index contributed by atoms with van der Waals surface area (Å²) in [5.41, 5.74) is 4.85. The minimum atomic E-state index is -0.326. The van der Waals surface area contributed by atoms with Gasteiger partial charge in [0, 0.05) is 22.5 Å². The molecule has 0 fully saturated rings. The summed E-state index contributed by atoms with van der Waals surface area (Å²) in [6.07, 6.45) is 1.96. The molecule has 0 amide bonds. The highest BCUT2D eigenvalue weighted by atomic mass is 16.5. The molecule has 148 valence electrons. The van der Waals surface area contributed by atoms with Gasteiger partial charge < -0.3 is 13.9 Å². The van der Waals surface area contributed by atoms with Crippen molar-refractivity contribution in [2.75, 3.05) is 13.7 Å². The van der Waals surface area contributed by atoms with Gasteiger partial charge in [0.2, 0.25) is 0 Å². The summed E-state index contributed by atoms with van der Waals surface area (Å²) in [5, 5.41) is 1.78. The van der Waals surface area contributed by atoms with Gasteiger partial charge in [-0.1, -0.05) is 24.3 Å². The van der Waals surface area contributed by atoms with Gasteiger partial charge in [-0.05, 0) is 49.4 Å². The van der Waals surface area contributed by atoms with E-state index < -0.39 is 0 Å². The second kappa shape index (κ2) is 7.19. The fourth-order valence-corrected chi connectivity index (χ4v) is 4.02. The van der Waals surface area contributed by atoms with Crippen molar-refractivity contribution >= 4 is 33.3 Å². The Morgan fingerprint density at radius 1 is 1.00 bits per heavy atom. The van der Waals surface area contributed by atoms with Crippen LogP contribution >= 0.6 is 0 Å². The van der Waals surface area contributed by atoms with Gasteiger partial charge >= 0.3 is 5.97 Å². The molecule has 0 aliphatic rings. The summed E-state index contributed by atoms with van der Waals surface area (Å²) in [6.45, 7) is 2.14. The van der Waals surface area contributed by atoms with E-state index in [-0.39, 0.29) is 5.97 Å². The number of hydrogen-bond acceptors (Lipinski definition) is 4. The molecule has 0 unspecified atom stereocenters. The van der Waals surface area contributed by atoms with Crippen LogP contribution < -0.4 is 4.74 Å². The number of nitrogens with zero attached hydrogens (tertiary/aromatic N) is 2. The Morgan fingerprint density at radius 3 is 2.53 bits per heavy atom. The normalized spacial score (nSPS) is 11.3. The van der Waals surface area contributed by atoms with Crippen molar-refractivity contribution in [1.82, 2.24) is 9.38 Å². The van der Waals surface area contributed by atoms with E-state index >= 15 is 0 Å². The first-order valence-electron chi connectivity index (χ1n) is 9.86. The fraction of sp³-hybridized carbons (Fsp3) is 0.120. The topological polar surface area (TPSA) is 52.8 Å². The lowest BCUT2D eigenvalue weighted by molar-refractivity contribution is 0.0531. The van der Waals surface area contributed by atoms with Crippen molar-refractivity contribution < 1.29 is 14.3 Å². The van der Waals surface area contributed by atoms with Gasteiger partial charge in [-0.25, -0.2) is 9.78 Å². The minimum absolute atomic E-state index is 0.318. The standard InChI is InChI=1S/C25H20N2O3/c1-3-30-25(28)22-20-10-6-7-15-27(20)24-21(22)18-8-4-5-9-19(18)26-23(24)16-11-13-17(29-2)14-12-16/h4-15H,3H2,1-2H3. The van der Waals surface area contributed by atoms with Crippen molar-refractivity contribution in [2.45, 2.75) is 6.92 Å². The van der Waals surface area contributed by atoms with Gasteiger partial charge in [0.25, 0.3) is 0 Å². The van der Waals surface area contributed by atoms with Crippen LogP contribution in [-0.2, 0) is 4.74 Å². The van der Waals surface area contributed by atoms with E-state index in [9.17, 15) is 4.79 Å². The summed E-state index contributed by atoms with van der Waals surface area (Å²) in [5.74, 6) is 0.455. The molecular weight excluding hydrogens is 376 g/mol. The number of hydrogen-bond donors (Lipinski definition) is 0. The third kappa shape index (κ3) is 2.70. The summed E-state index contributed by atoms with van der Waals surface area (Å²) in [6, 6.07) is 21.5. The number of esters is 1. The Labute approximate surface area is 173 Å². The van der Waals surface area contributed by atoms with E-state index in [2.05, 4.69) is 0 Å². The van der Waals surface area contributed by atoms with E-state index in [0.717, 1.165) is 44.3 Å². The van der Waals surface area contributed by atoms with Crippen molar-refractivity contribution in [3.05, 3.63) is 78.5 Å². The Kier molecular flexibility index (Phi) is 4.36. The molecule has 0 saturated heterocycles. The molecule has 0 atom stereocenters. The van der Waals surface area contributed by atoms with Gasteiger partial charge in [0.15, 0.2) is 0 Å². The van der Waals surface area contributed by atoms with Crippen molar-refractivity contribution in [3.63, 3.8) is 0 Å². The molecule has 30 heavy (non-hydrogen) atoms. The minimum Gasteiger partial charge on any atom is -0.497 e. The van der Waals surface area contributed by atoms with Crippen LogP contribution in [0.3, 0.4) is 0 Å². The van der Waals surface area contributed by atoms with Gasteiger partial charge in [-0.3, -0.25) is 0 Å². The molecule has 0 bridgehead atoms.